The first-order valence-electron chi connectivity index (χ1n) is 8.19. The molecule has 0 spiro atoms. The van der Waals surface area contributed by atoms with Crippen LogP contribution in [0.5, 0.6) is 0 Å². The highest BCUT2D eigenvalue weighted by Gasteiger charge is 2.28. The smallest absolute Gasteiger partial charge is 0.259 e. The molecule has 2 aromatic heterocycles. The second kappa shape index (κ2) is 6.52. The van der Waals surface area contributed by atoms with Crippen molar-refractivity contribution in [1.29, 1.82) is 0 Å². The minimum Gasteiger partial charge on any atom is -0.361 e. The Morgan fingerprint density at radius 2 is 2.17 bits per heavy atom. The molecule has 1 atom stereocenters. The van der Waals surface area contributed by atoms with Crippen molar-refractivity contribution < 1.29 is 9.32 Å². The third kappa shape index (κ3) is 3.44. The fourth-order valence-corrected chi connectivity index (χ4v) is 3.37. The van der Waals surface area contributed by atoms with Gasteiger partial charge in [-0.3, -0.25) is 9.78 Å². The minimum atomic E-state index is 0.0446. The van der Waals surface area contributed by atoms with Gasteiger partial charge in [-0.15, -0.1) is 0 Å². The van der Waals surface area contributed by atoms with Gasteiger partial charge < -0.3 is 9.42 Å². The van der Waals surface area contributed by atoms with Crippen LogP contribution in [0.3, 0.4) is 0 Å². The lowest BCUT2D eigenvalue weighted by molar-refractivity contribution is 0.0670. The van der Waals surface area contributed by atoms with E-state index in [-0.39, 0.29) is 5.91 Å². The zero-order valence-corrected chi connectivity index (χ0v) is 14.0. The fraction of sp³-hybridized carbons (Fsp3) is 0.500. The largest absolute Gasteiger partial charge is 0.361 e. The maximum absolute atomic E-state index is 12.8. The van der Waals surface area contributed by atoms with Crippen molar-refractivity contribution in [2.45, 2.75) is 40.0 Å². The molecule has 5 nitrogen and oxygen atoms in total. The van der Waals surface area contributed by atoms with Crippen LogP contribution in [0.25, 0.3) is 0 Å². The lowest BCUT2D eigenvalue weighted by Gasteiger charge is -2.32. The molecule has 122 valence electrons. The average molecular weight is 313 g/mol. The molecular weight excluding hydrogens is 290 g/mol. The van der Waals surface area contributed by atoms with Crippen molar-refractivity contribution in [2.24, 2.45) is 5.92 Å². The van der Waals surface area contributed by atoms with Crippen LogP contribution < -0.4 is 0 Å². The fourth-order valence-electron chi connectivity index (χ4n) is 3.37. The van der Waals surface area contributed by atoms with Crippen LogP contribution in [-0.2, 0) is 6.42 Å². The van der Waals surface area contributed by atoms with E-state index in [1.807, 2.05) is 30.9 Å². The lowest BCUT2D eigenvalue weighted by atomic mass is 9.92. The van der Waals surface area contributed by atoms with Crippen LogP contribution in [0.1, 0.15) is 46.0 Å². The molecule has 5 heteroatoms. The number of carbonyl (C=O) groups excluding carboxylic acids is 1. The molecule has 1 aliphatic rings. The van der Waals surface area contributed by atoms with Gasteiger partial charge in [-0.2, -0.15) is 0 Å². The first-order chi connectivity index (χ1) is 11.0. The number of rotatable bonds is 3. The van der Waals surface area contributed by atoms with Crippen LogP contribution in [0.15, 0.2) is 22.7 Å². The maximum Gasteiger partial charge on any atom is 0.259 e. The van der Waals surface area contributed by atoms with Gasteiger partial charge >= 0.3 is 0 Å². The highest BCUT2D eigenvalue weighted by Crippen LogP contribution is 2.23. The molecule has 1 fully saturated rings. The summed E-state index contributed by atoms with van der Waals surface area (Å²) in [4.78, 5) is 19.3. The molecule has 23 heavy (non-hydrogen) atoms. The van der Waals surface area contributed by atoms with Gasteiger partial charge in [0.1, 0.15) is 11.3 Å². The summed E-state index contributed by atoms with van der Waals surface area (Å²) in [7, 11) is 0. The summed E-state index contributed by atoms with van der Waals surface area (Å²) in [5.41, 5.74) is 3.46. The molecule has 1 aliphatic heterocycles. The highest BCUT2D eigenvalue weighted by atomic mass is 16.5. The number of piperidine rings is 1. The second-order valence-electron chi connectivity index (χ2n) is 6.43. The highest BCUT2D eigenvalue weighted by molar-refractivity contribution is 5.96. The Balaban J connectivity index is 1.70. The number of likely N-dealkylation sites (tertiary alicyclic amines) is 1. The van der Waals surface area contributed by atoms with E-state index < -0.39 is 0 Å². The third-order valence-electron chi connectivity index (χ3n) is 4.50. The van der Waals surface area contributed by atoms with Gasteiger partial charge in [0.15, 0.2) is 0 Å². The van der Waals surface area contributed by atoms with Crippen LogP contribution in [-0.4, -0.2) is 34.0 Å². The van der Waals surface area contributed by atoms with Crippen LogP contribution in [0, 0.1) is 26.7 Å². The Hall–Kier alpha value is -2.17. The summed E-state index contributed by atoms with van der Waals surface area (Å²) < 4.78 is 5.14. The molecule has 0 radical (unpaired) electrons. The molecule has 0 saturated carbocycles. The first-order valence-corrected chi connectivity index (χ1v) is 8.19. The summed E-state index contributed by atoms with van der Waals surface area (Å²) in [6.45, 7) is 7.21. The van der Waals surface area contributed by atoms with Crippen LogP contribution in [0.4, 0.5) is 0 Å². The van der Waals surface area contributed by atoms with Crippen molar-refractivity contribution in [2.75, 3.05) is 13.1 Å². The number of hydrogen-bond donors (Lipinski definition) is 0. The number of aryl methyl sites for hydroxylation is 3. The Labute approximate surface area is 136 Å². The molecule has 1 saturated heterocycles. The van der Waals surface area contributed by atoms with Crippen molar-refractivity contribution in [3.8, 4) is 0 Å². The number of hydrogen-bond acceptors (Lipinski definition) is 4. The van der Waals surface area contributed by atoms with E-state index in [1.54, 1.807) is 6.92 Å². The average Bonchev–Trinajstić information content (AvgIpc) is 2.86. The first kappa shape index (κ1) is 15.7. The van der Waals surface area contributed by atoms with Gasteiger partial charge in [0, 0.05) is 24.5 Å². The molecular formula is C18H23N3O2. The van der Waals surface area contributed by atoms with Crippen molar-refractivity contribution in [3.63, 3.8) is 0 Å². The maximum atomic E-state index is 12.8. The van der Waals surface area contributed by atoms with Crippen LogP contribution >= 0.6 is 0 Å². The molecule has 3 heterocycles. The van der Waals surface area contributed by atoms with E-state index in [9.17, 15) is 4.79 Å². The van der Waals surface area contributed by atoms with Gasteiger partial charge in [-0.05, 0) is 58.1 Å². The number of pyridine rings is 1. The zero-order valence-electron chi connectivity index (χ0n) is 14.0. The molecule has 3 rings (SSSR count). The van der Waals surface area contributed by atoms with E-state index in [1.165, 1.54) is 0 Å². The van der Waals surface area contributed by atoms with Gasteiger partial charge in [0.25, 0.3) is 5.91 Å². The Bertz CT molecular complexity index is 689. The monoisotopic (exact) mass is 313 g/mol. The van der Waals surface area contributed by atoms with E-state index >= 15 is 0 Å². The molecule has 0 aliphatic carbocycles. The van der Waals surface area contributed by atoms with E-state index in [0.717, 1.165) is 43.7 Å². The minimum absolute atomic E-state index is 0.0446. The number of carbonyl (C=O) groups is 1. The topological polar surface area (TPSA) is 59.2 Å². The van der Waals surface area contributed by atoms with Gasteiger partial charge in [0.2, 0.25) is 0 Å². The van der Waals surface area contributed by atoms with Crippen LogP contribution in [0.2, 0.25) is 0 Å². The lowest BCUT2D eigenvalue weighted by Crippen LogP contribution is -2.41. The molecule has 0 N–H and O–H groups in total. The van der Waals surface area contributed by atoms with Gasteiger partial charge in [-0.25, -0.2) is 0 Å². The Morgan fingerprint density at radius 3 is 2.87 bits per heavy atom. The second-order valence-corrected chi connectivity index (χ2v) is 6.43. The van der Waals surface area contributed by atoms with Gasteiger partial charge in [-0.1, -0.05) is 11.2 Å². The quantitative estimate of drug-likeness (QED) is 0.873. The summed E-state index contributed by atoms with van der Waals surface area (Å²) in [5.74, 6) is 1.11. The Morgan fingerprint density at radius 1 is 1.35 bits per heavy atom. The van der Waals surface area contributed by atoms with E-state index in [0.29, 0.717) is 22.9 Å². The molecule has 0 bridgehead atoms. The van der Waals surface area contributed by atoms with Crippen molar-refractivity contribution in [1.82, 2.24) is 15.0 Å². The number of aromatic nitrogens is 2. The summed E-state index contributed by atoms with van der Waals surface area (Å²) in [6, 6.07) is 6.13. The number of amides is 1. The van der Waals surface area contributed by atoms with E-state index in [4.69, 9.17) is 4.52 Å². The van der Waals surface area contributed by atoms with Crippen molar-refractivity contribution in [3.05, 3.63) is 46.6 Å². The van der Waals surface area contributed by atoms with E-state index in [2.05, 4.69) is 16.2 Å². The molecule has 1 unspecified atom stereocenters. The predicted molar refractivity (Wildman–Crippen MR) is 87.3 cm³/mol. The zero-order chi connectivity index (χ0) is 16.4. The standard InChI is InChI=1S/C18H23N3O2/c1-12-6-4-8-16(19-12)10-15-7-5-9-21(11-15)18(22)17-13(2)20-23-14(17)3/h4,6,8,15H,5,7,9-11H2,1-3H3. The molecule has 2 aromatic rings. The predicted octanol–water partition coefficient (Wildman–Crippen LogP) is 3.09. The normalized spacial score (nSPS) is 18.2. The third-order valence-corrected chi connectivity index (χ3v) is 4.50. The summed E-state index contributed by atoms with van der Waals surface area (Å²) in [5, 5.41) is 3.90. The Kier molecular flexibility index (Phi) is 4.46. The molecule has 1 amide bonds. The van der Waals surface area contributed by atoms with Crippen molar-refractivity contribution >= 4 is 5.91 Å². The summed E-state index contributed by atoms with van der Waals surface area (Å²) in [6.07, 6.45) is 3.10. The molecule has 0 aromatic carbocycles. The SMILES string of the molecule is Cc1cccc(CC2CCCN(C(=O)c3c(C)noc3C)C2)n1. The number of nitrogens with zero attached hydrogens (tertiary/aromatic N) is 3. The van der Waals surface area contributed by atoms with Gasteiger partial charge in [0.05, 0.1) is 5.69 Å². The summed E-state index contributed by atoms with van der Waals surface area (Å²) >= 11 is 0.